The van der Waals surface area contributed by atoms with Crippen LogP contribution < -0.4 is 21.3 Å². The molecule has 3 atom stereocenters. The Labute approximate surface area is 399 Å². The Balaban J connectivity index is 1.25. The third-order valence-corrected chi connectivity index (χ3v) is 10.7. The average molecular weight is 979 g/mol. The zero-order valence-electron chi connectivity index (χ0n) is 35.0. The Morgan fingerprint density at radius 1 is 0.538 bits per heavy atom. The van der Waals surface area contributed by atoms with Gasteiger partial charge in [0, 0.05) is 34.5 Å². The molecule has 0 saturated heterocycles. The fourth-order valence-electron chi connectivity index (χ4n) is 6.00. The lowest BCUT2D eigenvalue weighted by atomic mass is 10.1. The zero-order chi connectivity index (χ0) is 47.2. The fourth-order valence-corrected chi connectivity index (χ4v) is 7.03. The third kappa shape index (κ3) is 14.2. The predicted octanol–water partition coefficient (Wildman–Crippen LogP) is 11.7. The molecule has 0 spiro atoms. The van der Waals surface area contributed by atoms with Gasteiger partial charge >= 0.3 is 0 Å². The number of amides is 4. The minimum absolute atomic E-state index is 0.0843. The van der Waals surface area contributed by atoms with Crippen LogP contribution in [0.5, 0.6) is 0 Å². The first-order valence-electron chi connectivity index (χ1n) is 19.8. The number of nitrogens with zero attached hydrogens (tertiary/aromatic N) is 4. The summed E-state index contributed by atoms with van der Waals surface area (Å²) in [5.74, 6) is -3.02. The van der Waals surface area contributed by atoms with Crippen molar-refractivity contribution in [3.8, 4) is 0 Å². The molecular weight excluding hydrogens is 938 g/mol. The maximum Gasteiger partial charge on any atom is 0.258 e. The molecule has 0 bridgehead atoms. The number of rotatable bonds is 19. The Bertz CT molecular complexity index is 2640. The SMILES string of the molecule is CC(=O)C(N=Nc1ccc(Cl)c(C(=O)Nc2ccc(CCCl)cc2)c1)C(=O)Nc1ccc(NC(=O)C(N=Nc2ccc(Cl)c(C(=O)Nc3ccc(CCCl)cc3)c2)C(C)=O)c(C(C)Cl)c1. The normalized spacial score (nSPS) is 12.6. The minimum atomic E-state index is -1.60. The summed E-state index contributed by atoms with van der Waals surface area (Å²) < 4.78 is 0. The molecule has 0 saturated carbocycles. The molecule has 5 aromatic carbocycles. The van der Waals surface area contributed by atoms with Gasteiger partial charge in [-0.1, -0.05) is 47.5 Å². The number of azo groups is 2. The number of carbonyl (C=O) groups is 6. The predicted molar refractivity (Wildman–Crippen MR) is 256 cm³/mol. The minimum Gasteiger partial charge on any atom is -0.324 e. The second-order valence-corrected chi connectivity index (χ2v) is 16.6. The maximum absolute atomic E-state index is 13.5. The Morgan fingerprint density at radius 3 is 1.35 bits per heavy atom. The van der Waals surface area contributed by atoms with E-state index >= 15 is 0 Å². The van der Waals surface area contributed by atoms with Gasteiger partial charge in [-0.25, -0.2) is 0 Å². The lowest BCUT2D eigenvalue weighted by Crippen LogP contribution is -2.32. The van der Waals surface area contributed by atoms with E-state index in [1.165, 1.54) is 68.4 Å². The number of anilines is 4. The Hall–Kier alpha value is -6.03. The van der Waals surface area contributed by atoms with Crippen molar-refractivity contribution < 1.29 is 28.8 Å². The number of Topliss-reactive ketones (excluding diaryl/α,β-unsaturated/α-hetero) is 2. The van der Waals surface area contributed by atoms with E-state index in [1.54, 1.807) is 31.2 Å². The van der Waals surface area contributed by atoms with Crippen molar-refractivity contribution in [1.29, 1.82) is 0 Å². The van der Waals surface area contributed by atoms with Gasteiger partial charge in [-0.3, -0.25) is 28.8 Å². The van der Waals surface area contributed by atoms with E-state index in [2.05, 4.69) is 41.7 Å². The number of benzene rings is 5. The summed E-state index contributed by atoms with van der Waals surface area (Å²) >= 11 is 30.8. The fraction of sp³-hybridized carbons (Fsp3) is 0.217. The van der Waals surface area contributed by atoms with Gasteiger partial charge in [-0.15, -0.1) is 34.8 Å². The van der Waals surface area contributed by atoms with Crippen LogP contribution in [-0.2, 0) is 32.0 Å². The van der Waals surface area contributed by atoms with E-state index in [1.807, 2.05) is 24.3 Å². The van der Waals surface area contributed by atoms with Gasteiger partial charge in [-0.05, 0) is 129 Å². The number of alkyl halides is 3. The van der Waals surface area contributed by atoms with Crippen LogP contribution in [-0.4, -0.2) is 59.0 Å². The van der Waals surface area contributed by atoms with E-state index in [-0.39, 0.29) is 43.9 Å². The largest absolute Gasteiger partial charge is 0.324 e. The number of ketones is 2. The summed E-state index contributed by atoms with van der Waals surface area (Å²) in [6, 6.07) is 24.1. The molecule has 65 heavy (non-hydrogen) atoms. The van der Waals surface area contributed by atoms with E-state index in [9.17, 15) is 28.8 Å². The highest BCUT2D eigenvalue weighted by Gasteiger charge is 2.27. The van der Waals surface area contributed by atoms with Crippen molar-refractivity contribution in [2.45, 2.75) is 51.1 Å². The standard InChI is InChI=1S/C46H41Cl5N8O6/c1-25(49)35-22-32(54-45(64)41(26(2)60)58-56-33-12-15-38(50)36(23-33)43(62)52-30-8-4-28(5-9-30)18-20-47)14-17-40(35)55-46(65)42(27(3)61)59-57-34-13-16-39(51)37(24-34)44(63)53-31-10-6-29(7-11-31)19-21-48/h4-17,22-25,41-42H,18-21H2,1-3H3,(H,52,62)(H,53,63)(H,54,64)(H,55,65). The third-order valence-electron chi connectivity index (χ3n) is 9.43. The van der Waals surface area contributed by atoms with Crippen molar-refractivity contribution >= 4 is 127 Å². The van der Waals surface area contributed by atoms with Gasteiger partial charge in [0.15, 0.2) is 11.6 Å². The Kier molecular flexibility index (Phi) is 18.3. The molecular formula is C46H41Cl5N8O6. The van der Waals surface area contributed by atoms with Crippen molar-refractivity contribution in [1.82, 2.24) is 0 Å². The molecule has 3 unspecified atom stereocenters. The number of aryl methyl sites for hydroxylation is 2. The van der Waals surface area contributed by atoms with Crippen molar-refractivity contribution in [3.63, 3.8) is 0 Å². The highest BCUT2D eigenvalue weighted by atomic mass is 35.5. The summed E-state index contributed by atoms with van der Waals surface area (Å²) in [5, 5.41) is 26.5. The van der Waals surface area contributed by atoms with Crippen LogP contribution in [0.25, 0.3) is 0 Å². The average Bonchev–Trinajstić information content (AvgIpc) is 3.26. The Morgan fingerprint density at radius 2 is 0.954 bits per heavy atom. The lowest BCUT2D eigenvalue weighted by molar-refractivity contribution is -0.127. The molecule has 4 N–H and O–H groups in total. The van der Waals surface area contributed by atoms with Crippen LogP contribution in [0.3, 0.4) is 0 Å². The maximum atomic E-state index is 13.5. The molecule has 0 aromatic heterocycles. The highest BCUT2D eigenvalue weighted by Crippen LogP contribution is 2.32. The van der Waals surface area contributed by atoms with Gasteiger partial charge in [0.25, 0.3) is 23.6 Å². The second-order valence-electron chi connectivity index (χ2n) is 14.4. The van der Waals surface area contributed by atoms with Crippen molar-refractivity contribution in [3.05, 3.63) is 141 Å². The molecule has 0 heterocycles. The summed E-state index contributed by atoms with van der Waals surface area (Å²) in [5.41, 5.74) is 4.30. The topological polar surface area (TPSA) is 200 Å². The molecule has 5 aromatic rings. The van der Waals surface area contributed by atoms with Crippen LogP contribution in [0, 0.1) is 0 Å². The summed E-state index contributed by atoms with van der Waals surface area (Å²) in [6.07, 6.45) is 1.36. The van der Waals surface area contributed by atoms with E-state index < -0.39 is 52.7 Å². The molecule has 0 fully saturated rings. The summed E-state index contributed by atoms with van der Waals surface area (Å²) in [6.45, 7) is 3.96. The number of hydrogen-bond acceptors (Lipinski definition) is 10. The monoisotopic (exact) mass is 976 g/mol. The first kappa shape index (κ1) is 50.0. The molecule has 0 aliphatic heterocycles. The highest BCUT2D eigenvalue weighted by molar-refractivity contribution is 6.35. The molecule has 14 nitrogen and oxygen atoms in total. The van der Waals surface area contributed by atoms with E-state index in [4.69, 9.17) is 58.0 Å². The van der Waals surface area contributed by atoms with Gasteiger partial charge in [0.2, 0.25) is 12.1 Å². The molecule has 0 radical (unpaired) electrons. The van der Waals surface area contributed by atoms with Crippen molar-refractivity contribution in [2.75, 3.05) is 33.0 Å². The van der Waals surface area contributed by atoms with E-state index in [0.717, 1.165) is 11.1 Å². The van der Waals surface area contributed by atoms with Crippen LogP contribution >= 0.6 is 58.0 Å². The van der Waals surface area contributed by atoms with Crippen LogP contribution in [0.2, 0.25) is 10.0 Å². The van der Waals surface area contributed by atoms with Crippen LogP contribution in [0.15, 0.2) is 124 Å². The quantitative estimate of drug-likeness (QED) is 0.0360. The smallest absolute Gasteiger partial charge is 0.258 e. The number of hydrogen-bond donors (Lipinski definition) is 4. The van der Waals surface area contributed by atoms with E-state index in [0.29, 0.717) is 41.5 Å². The first-order chi connectivity index (χ1) is 31.1. The molecule has 4 amide bonds. The zero-order valence-corrected chi connectivity index (χ0v) is 38.8. The number of nitrogens with one attached hydrogen (secondary N) is 4. The van der Waals surface area contributed by atoms with Crippen molar-refractivity contribution in [2.24, 2.45) is 20.5 Å². The summed E-state index contributed by atoms with van der Waals surface area (Å²) in [4.78, 5) is 78.3. The van der Waals surface area contributed by atoms with Gasteiger partial charge < -0.3 is 21.3 Å². The van der Waals surface area contributed by atoms with Gasteiger partial charge in [0.1, 0.15) is 0 Å². The second kappa shape index (κ2) is 23.8. The summed E-state index contributed by atoms with van der Waals surface area (Å²) in [7, 11) is 0. The van der Waals surface area contributed by atoms with Gasteiger partial charge in [-0.2, -0.15) is 20.5 Å². The van der Waals surface area contributed by atoms with Crippen LogP contribution in [0.1, 0.15) is 63.6 Å². The lowest BCUT2D eigenvalue weighted by Gasteiger charge is -2.17. The van der Waals surface area contributed by atoms with Crippen LogP contribution in [0.4, 0.5) is 34.1 Å². The number of halogens is 5. The molecule has 0 aliphatic rings. The molecule has 0 aliphatic carbocycles. The molecule has 19 heteroatoms. The molecule has 5 rings (SSSR count). The number of carbonyl (C=O) groups excluding carboxylic acids is 6. The van der Waals surface area contributed by atoms with Gasteiger partial charge in [0.05, 0.1) is 37.9 Å². The first-order valence-corrected chi connectivity index (χ1v) is 22.1. The molecule has 336 valence electrons.